The second kappa shape index (κ2) is 6.39. The first-order chi connectivity index (χ1) is 11.5. The summed E-state index contributed by atoms with van der Waals surface area (Å²) >= 11 is 0. The molecule has 1 aliphatic carbocycles. The summed E-state index contributed by atoms with van der Waals surface area (Å²) in [6, 6.07) is 11.5. The Morgan fingerprint density at radius 2 is 1.62 bits per heavy atom. The number of hydrogen-bond donors (Lipinski definition) is 2. The summed E-state index contributed by atoms with van der Waals surface area (Å²) in [4.78, 5) is 24.7. The normalized spacial score (nSPS) is 14.8. The third kappa shape index (κ3) is 3.27. The first-order valence-electron chi connectivity index (χ1n) is 7.60. The molecule has 6 heteroatoms. The van der Waals surface area contributed by atoms with Gasteiger partial charge in [-0.25, -0.2) is 8.78 Å². The Bertz CT molecular complexity index is 771. The standard InChI is InChI=1S/C18H16F2N2O2/c19-13-5-7-14(8-6-13)22-17(24)18(9-10-18)16(23)21-11-12-3-1-2-4-15(12)20/h1-8H,9-11H2,(H,21,23)(H,22,24). The van der Waals surface area contributed by atoms with Gasteiger partial charge >= 0.3 is 0 Å². The van der Waals surface area contributed by atoms with Crippen molar-refractivity contribution < 1.29 is 18.4 Å². The van der Waals surface area contributed by atoms with Crippen LogP contribution >= 0.6 is 0 Å². The van der Waals surface area contributed by atoms with Gasteiger partial charge < -0.3 is 10.6 Å². The molecule has 0 aromatic heterocycles. The number of nitrogens with one attached hydrogen (secondary N) is 2. The number of carbonyl (C=O) groups is 2. The average Bonchev–Trinajstić information content (AvgIpc) is 3.38. The van der Waals surface area contributed by atoms with Gasteiger partial charge in [-0.15, -0.1) is 0 Å². The maximum Gasteiger partial charge on any atom is 0.240 e. The zero-order chi connectivity index (χ0) is 17.2. The number of halogens is 2. The molecule has 1 saturated carbocycles. The maximum absolute atomic E-state index is 13.6. The van der Waals surface area contributed by atoms with E-state index in [0.29, 0.717) is 24.1 Å². The molecule has 2 aromatic rings. The first-order valence-corrected chi connectivity index (χ1v) is 7.60. The summed E-state index contributed by atoms with van der Waals surface area (Å²) < 4.78 is 26.5. The largest absolute Gasteiger partial charge is 0.351 e. The van der Waals surface area contributed by atoms with Crippen molar-refractivity contribution in [3.05, 3.63) is 65.7 Å². The minimum atomic E-state index is -1.13. The molecular weight excluding hydrogens is 314 g/mol. The van der Waals surface area contributed by atoms with E-state index >= 15 is 0 Å². The van der Waals surface area contributed by atoms with Crippen molar-refractivity contribution in [3.63, 3.8) is 0 Å². The molecule has 2 aromatic carbocycles. The molecule has 124 valence electrons. The lowest BCUT2D eigenvalue weighted by atomic mass is 10.0. The molecule has 4 nitrogen and oxygen atoms in total. The van der Waals surface area contributed by atoms with E-state index in [1.807, 2.05) is 0 Å². The predicted octanol–water partition coefficient (Wildman–Crippen LogP) is 3.00. The molecule has 24 heavy (non-hydrogen) atoms. The highest BCUT2D eigenvalue weighted by Gasteiger charge is 2.56. The highest BCUT2D eigenvalue weighted by atomic mass is 19.1. The van der Waals surface area contributed by atoms with Gasteiger partial charge in [0, 0.05) is 17.8 Å². The molecule has 0 spiro atoms. The fraction of sp³-hybridized carbons (Fsp3) is 0.222. The third-order valence-corrected chi connectivity index (χ3v) is 4.12. The molecule has 1 fully saturated rings. The lowest BCUT2D eigenvalue weighted by Gasteiger charge is -2.15. The van der Waals surface area contributed by atoms with Crippen LogP contribution in [0.15, 0.2) is 48.5 Å². The highest BCUT2D eigenvalue weighted by Crippen LogP contribution is 2.46. The zero-order valence-corrected chi connectivity index (χ0v) is 12.8. The molecular formula is C18H16F2N2O2. The van der Waals surface area contributed by atoms with Crippen LogP contribution in [-0.2, 0) is 16.1 Å². The summed E-state index contributed by atoms with van der Waals surface area (Å²) in [5, 5.41) is 5.24. The minimum absolute atomic E-state index is 0.0249. The number of benzene rings is 2. The van der Waals surface area contributed by atoms with Crippen molar-refractivity contribution in [1.82, 2.24) is 5.32 Å². The van der Waals surface area contributed by atoms with Gasteiger partial charge in [-0.05, 0) is 43.2 Å². The van der Waals surface area contributed by atoms with Gasteiger partial charge in [0.25, 0.3) is 0 Å². The molecule has 0 aliphatic heterocycles. The lowest BCUT2D eigenvalue weighted by Crippen LogP contribution is -2.39. The summed E-state index contributed by atoms with van der Waals surface area (Å²) in [5.74, 6) is -1.67. The Morgan fingerprint density at radius 1 is 0.958 bits per heavy atom. The molecule has 0 bridgehead atoms. The van der Waals surface area contributed by atoms with Crippen molar-refractivity contribution in [2.75, 3.05) is 5.32 Å². The van der Waals surface area contributed by atoms with Crippen LogP contribution < -0.4 is 10.6 Å². The molecule has 2 amide bonds. The molecule has 0 atom stereocenters. The Labute approximate surface area is 137 Å². The monoisotopic (exact) mass is 330 g/mol. The number of anilines is 1. The predicted molar refractivity (Wildman–Crippen MR) is 84.9 cm³/mol. The van der Waals surface area contributed by atoms with Gasteiger partial charge in [0.15, 0.2) is 0 Å². The van der Waals surface area contributed by atoms with Crippen LogP contribution in [0.25, 0.3) is 0 Å². The van der Waals surface area contributed by atoms with Crippen LogP contribution in [0.2, 0.25) is 0 Å². The van der Waals surface area contributed by atoms with E-state index < -0.39 is 28.9 Å². The summed E-state index contributed by atoms with van der Waals surface area (Å²) in [6.07, 6.45) is 0.867. The van der Waals surface area contributed by atoms with E-state index in [0.717, 1.165) is 0 Å². The molecule has 2 N–H and O–H groups in total. The van der Waals surface area contributed by atoms with E-state index in [-0.39, 0.29) is 6.54 Å². The topological polar surface area (TPSA) is 58.2 Å². The van der Waals surface area contributed by atoms with E-state index in [2.05, 4.69) is 10.6 Å². The number of rotatable bonds is 5. The van der Waals surface area contributed by atoms with Crippen LogP contribution in [0.1, 0.15) is 18.4 Å². The maximum atomic E-state index is 13.6. The van der Waals surface area contributed by atoms with Crippen LogP contribution in [0.5, 0.6) is 0 Å². The highest BCUT2D eigenvalue weighted by molar-refractivity contribution is 6.13. The number of amides is 2. The number of hydrogen-bond acceptors (Lipinski definition) is 2. The average molecular weight is 330 g/mol. The molecule has 0 heterocycles. The van der Waals surface area contributed by atoms with Crippen LogP contribution in [0.3, 0.4) is 0 Å². The van der Waals surface area contributed by atoms with Gasteiger partial charge in [0.1, 0.15) is 17.0 Å². The Balaban J connectivity index is 1.62. The van der Waals surface area contributed by atoms with Crippen molar-refractivity contribution in [2.24, 2.45) is 5.41 Å². The molecule has 3 rings (SSSR count). The fourth-order valence-corrected chi connectivity index (χ4v) is 2.45. The Morgan fingerprint density at radius 3 is 2.25 bits per heavy atom. The Hall–Kier alpha value is -2.76. The summed E-state index contributed by atoms with van der Waals surface area (Å²) in [5.41, 5.74) is -0.338. The molecule has 0 radical (unpaired) electrons. The van der Waals surface area contributed by atoms with E-state index in [4.69, 9.17) is 0 Å². The smallest absolute Gasteiger partial charge is 0.240 e. The van der Waals surface area contributed by atoms with Gasteiger partial charge in [-0.3, -0.25) is 9.59 Å². The fourth-order valence-electron chi connectivity index (χ4n) is 2.45. The summed E-state index contributed by atoms with van der Waals surface area (Å²) in [7, 11) is 0. The van der Waals surface area contributed by atoms with Crippen molar-refractivity contribution in [3.8, 4) is 0 Å². The SMILES string of the molecule is O=C(NCc1ccccc1F)C1(C(=O)Nc2ccc(F)cc2)CC1. The van der Waals surface area contributed by atoms with E-state index in [1.165, 1.54) is 30.3 Å². The van der Waals surface area contributed by atoms with Crippen LogP contribution in [0.4, 0.5) is 14.5 Å². The van der Waals surface area contributed by atoms with Crippen molar-refractivity contribution in [2.45, 2.75) is 19.4 Å². The van der Waals surface area contributed by atoms with Gasteiger partial charge in [-0.1, -0.05) is 18.2 Å². The molecule has 1 aliphatic rings. The second-order valence-corrected chi connectivity index (χ2v) is 5.82. The number of carbonyl (C=O) groups excluding carboxylic acids is 2. The van der Waals surface area contributed by atoms with E-state index in [1.54, 1.807) is 18.2 Å². The molecule has 0 saturated heterocycles. The summed E-state index contributed by atoms with van der Waals surface area (Å²) in [6.45, 7) is 0.0249. The zero-order valence-electron chi connectivity index (χ0n) is 12.8. The van der Waals surface area contributed by atoms with Gasteiger partial charge in [0.2, 0.25) is 11.8 Å². The van der Waals surface area contributed by atoms with Gasteiger partial charge in [-0.2, -0.15) is 0 Å². The van der Waals surface area contributed by atoms with Gasteiger partial charge in [0.05, 0.1) is 0 Å². The minimum Gasteiger partial charge on any atom is -0.351 e. The second-order valence-electron chi connectivity index (χ2n) is 5.82. The first kappa shape index (κ1) is 16.1. The lowest BCUT2D eigenvalue weighted by molar-refractivity contribution is -0.134. The van der Waals surface area contributed by atoms with Crippen LogP contribution in [0, 0.1) is 17.0 Å². The Kier molecular flexibility index (Phi) is 4.29. The third-order valence-electron chi connectivity index (χ3n) is 4.12. The quantitative estimate of drug-likeness (QED) is 0.828. The molecule has 0 unspecified atom stereocenters. The van der Waals surface area contributed by atoms with Crippen molar-refractivity contribution >= 4 is 17.5 Å². The van der Waals surface area contributed by atoms with Crippen LogP contribution in [-0.4, -0.2) is 11.8 Å². The van der Waals surface area contributed by atoms with E-state index in [9.17, 15) is 18.4 Å². The van der Waals surface area contributed by atoms with Crippen molar-refractivity contribution in [1.29, 1.82) is 0 Å².